The van der Waals surface area contributed by atoms with Crippen LogP contribution in [0.3, 0.4) is 0 Å². The fourth-order valence-electron chi connectivity index (χ4n) is 4.90. The highest BCUT2D eigenvalue weighted by Gasteiger charge is 2.42. The van der Waals surface area contributed by atoms with E-state index in [-0.39, 0.29) is 17.7 Å². The van der Waals surface area contributed by atoms with Crippen molar-refractivity contribution in [2.75, 3.05) is 13.7 Å². The van der Waals surface area contributed by atoms with Crippen LogP contribution >= 0.6 is 15.9 Å². The summed E-state index contributed by atoms with van der Waals surface area (Å²) in [7, 11) is 1.41. The predicted molar refractivity (Wildman–Crippen MR) is 129 cm³/mol. The molecule has 1 saturated carbocycles. The molecule has 6 nitrogen and oxygen atoms in total. The third-order valence-electron chi connectivity index (χ3n) is 6.65. The molecule has 2 aromatic carbocycles. The number of hydrogen-bond acceptors (Lipinski definition) is 6. The van der Waals surface area contributed by atoms with Crippen molar-refractivity contribution in [1.82, 2.24) is 4.98 Å². The van der Waals surface area contributed by atoms with E-state index in [2.05, 4.69) is 20.9 Å². The van der Waals surface area contributed by atoms with Gasteiger partial charge in [-0.2, -0.15) is 0 Å². The Labute approximate surface area is 209 Å². The highest BCUT2D eigenvalue weighted by atomic mass is 79.9. The van der Waals surface area contributed by atoms with E-state index in [0.717, 1.165) is 22.3 Å². The average Bonchev–Trinajstić information content (AvgIpc) is 3.35. The molecule has 0 spiro atoms. The summed E-state index contributed by atoms with van der Waals surface area (Å²) < 4.78 is 38.6. The Morgan fingerprint density at radius 1 is 1.17 bits per heavy atom. The van der Waals surface area contributed by atoms with Gasteiger partial charge in [0, 0.05) is 40.6 Å². The summed E-state index contributed by atoms with van der Waals surface area (Å²) in [6.45, 7) is 0.425. The molecule has 0 radical (unpaired) electrons. The number of carbonyl (C=O) groups excluding carboxylic acids is 1. The number of benzene rings is 2. The summed E-state index contributed by atoms with van der Waals surface area (Å²) in [6.07, 6.45) is 3.21. The van der Waals surface area contributed by atoms with Gasteiger partial charge < -0.3 is 18.9 Å². The fraction of sp³-hybridized carbons (Fsp3) is 0.259. The van der Waals surface area contributed by atoms with Crippen LogP contribution in [0.2, 0.25) is 0 Å². The lowest BCUT2D eigenvalue weighted by atomic mass is 10.1. The lowest BCUT2D eigenvalue weighted by Gasteiger charge is -2.17. The highest BCUT2D eigenvalue weighted by molar-refractivity contribution is 9.10. The molecule has 0 amide bonds. The molecule has 8 heteroatoms. The second kappa shape index (κ2) is 8.68. The normalized spacial score (nSPS) is 21.7. The van der Waals surface area contributed by atoms with Crippen LogP contribution < -0.4 is 14.2 Å². The number of esters is 1. The molecule has 3 aliphatic rings. The summed E-state index contributed by atoms with van der Waals surface area (Å²) >= 11 is 3.34. The highest BCUT2D eigenvalue weighted by Crippen LogP contribution is 2.49. The summed E-state index contributed by atoms with van der Waals surface area (Å²) in [5, 5.41) is 0. The van der Waals surface area contributed by atoms with E-state index in [9.17, 15) is 9.18 Å². The van der Waals surface area contributed by atoms with Gasteiger partial charge in [0.2, 0.25) is 0 Å². The Morgan fingerprint density at radius 3 is 2.89 bits per heavy atom. The van der Waals surface area contributed by atoms with Crippen LogP contribution in [0.25, 0.3) is 5.57 Å². The van der Waals surface area contributed by atoms with E-state index in [1.54, 1.807) is 24.4 Å². The molecule has 0 bridgehead atoms. The second-order valence-electron chi connectivity index (χ2n) is 8.73. The third kappa shape index (κ3) is 4.05. The molecule has 0 unspecified atom stereocenters. The maximum Gasteiger partial charge on any atom is 0.313 e. The Hall–Kier alpha value is -3.39. The van der Waals surface area contributed by atoms with Gasteiger partial charge in [0.05, 0.1) is 13.0 Å². The summed E-state index contributed by atoms with van der Waals surface area (Å²) in [4.78, 5) is 15.9. The largest absolute Gasteiger partial charge is 0.488 e. The predicted octanol–water partition coefficient (Wildman–Crippen LogP) is 6.18. The number of carbonyl (C=O) groups is 1. The van der Waals surface area contributed by atoms with Gasteiger partial charge in [-0.1, -0.05) is 0 Å². The van der Waals surface area contributed by atoms with Crippen molar-refractivity contribution in [1.29, 1.82) is 0 Å². The molecular weight excluding hydrogens is 517 g/mol. The van der Waals surface area contributed by atoms with Crippen molar-refractivity contribution in [3.8, 4) is 23.0 Å². The summed E-state index contributed by atoms with van der Waals surface area (Å²) in [5.74, 6) is 1.87. The number of nitrogens with zero attached hydrogens (tertiary/aromatic N) is 1. The first-order valence-electron chi connectivity index (χ1n) is 11.4. The van der Waals surface area contributed by atoms with Gasteiger partial charge in [-0.25, -0.2) is 9.37 Å². The first kappa shape index (κ1) is 22.1. The van der Waals surface area contributed by atoms with E-state index in [1.165, 1.54) is 13.2 Å². The Balaban J connectivity index is 1.23. The molecule has 0 saturated heterocycles. The van der Waals surface area contributed by atoms with E-state index < -0.39 is 6.10 Å². The monoisotopic (exact) mass is 537 g/mol. The van der Waals surface area contributed by atoms with Crippen molar-refractivity contribution in [2.45, 2.75) is 25.4 Å². The van der Waals surface area contributed by atoms with Crippen molar-refractivity contribution >= 4 is 27.5 Å². The van der Waals surface area contributed by atoms with Crippen LogP contribution in [-0.4, -0.2) is 24.7 Å². The number of hydrogen-bond donors (Lipinski definition) is 0. The number of fused-ring (bicyclic) bond motifs is 2. The average molecular weight is 538 g/mol. The molecule has 1 fully saturated rings. The van der Waals surface area contributed by atoms with Crippen molar-refractivity contribution in [2.24, 2.45) is 5.92 Å². The molecule has 6 rings (SSSR count). The van der Waals surface area contributed by atoms with Gasteiger partial charge in [0.25, 0.3) is 0 Å². The van der Waals surface area contributed by atoms with Gasteiger partial charge in [-0.15, -0.1) is 0 Å². The minimum absolute atomic E-state index is 0.164. The number of halogens is 2. The number of aromatic nitrogens is 1. The van der Waals surface area contributed by atoms with E-state index >= 15 is 0 Å². The maximum atomic E-state index is 14.9. The smallest absolute Gasteiger partial charge is 0.313 e. The third-order valence-corrected chi connectivity index (χ3v) is 7.09. The molecule has 2 heterocycles. The van der Waals surface area contributed by atoms with Gasteiger partial charge in [-0.3, -0.25) is 4.79 Å². The zero-order valence-electron chi connectivity index (χ0n) is 18.8. The molecule has 2 aliphatic carbocycles. The SMILES string of the molecule is COC(=O)[C@@H]1CC1=C1COc2cc(O[C@@H]3CCc4c(Oc5ccnc(Br)c5)ccc(F)c43)ccc21. The summed E-state index contributed by atoms with van der Waals surface area (Å²) in [5.41, 5.74) is 4.43. The lowest BCUT2D eigenvalue weighted by Crippen LogP contribution is -2.06. The molecular formula is C27H21BrFNO5. The Bertz CT molecular complexity index is 1390. The number of ether oxygens (including phenoxy) is 4. The van der Waals surface area contributed by atoms with E-state index in [4.69, 9.17) is 18.9 Å². The number of methoxy groups -OCH3 is 1. The van der Waals surface area contributed by atoms with Crippen molar-refractivity contribution in [3.63, 3.8) is 0 Å². The zero-order chi connectivity index (χ0) is 24.1. The van der Waals surface area contributed by atoms with Crippen molar-refractivity contribution in [3.05, 3.63) is 81.3 Å². The standard InChI is InChI=1S/C27H21BrFNO5/c1-32-27(31)19-12-18(19)20-13-33-24-10-14(2-3-16(20)24)35-23-6-4-17-22(7-5-21(29)26(17)23)34-15-8-9-30-25(28)11-15/h2-3,5,7-11,19,23H,4,6,12-13H2,1H3/t19-,23-/m1/s1. The van der Waals surface area contributed by atoms with Crippen LogP contribution in [0, 0.1) is 11.7 Å². The Kier molecular flexibility index (Phi) is 5.48. The van der Waals surface area contributed by atoms with E-state index in [1.807, 2.05) is 18.2 Å². The van der Waals surface area contributed by atoms with Crippen LogP contribution in [0.15, 0.2) is 58.8 Å². The Morgan fingerprint density at radius 2 is 2.06 bits per heavy atom. The van der Waals surface area contributed by atoms with E-state index in [0.29, 0.717) is 59.0 Å². The minimum atomic E-state index is -0.429. The second-order valence-corrected chi connectivity index (χ2v) is 9.54. The van der Waals surface area contributed by atoms with Crippen LogP contribution in [0.1, 0.15) is 35.6 Å². The van der Waals surface area contributed by atoms with Crippen molar-refractivity contribution < 1.29 is 28.1 Å². The molecule has 35 heavy (non-hydrogen) atoms. The summed E-state index contributed by atoms with van der Waals surface area (Å²) in [6, 6.07) is 12.2. The van der Waals surface area contributed by atoms with Gasteiger partial charge in [0.1, 0.15) is 46.1 Å². The molecule has 3 aromatic rings. The lowest BCUT2D eigenvalue weighted by molar-refractivity contribution is -0.141. The maximum absolute atomic E-state index is 14.9. The topological polar surface area (TPSA) is 66.9 Å². The fourth-order valence-corrected chi connectivity index (χ4v) is 5.24. The molecule has 1 aromatic heterocycles. The van der Waals surface area contributed by atoms with Crippen LogP contribution in [0.5, 0.6) is 23.0 Å². The first-order valence-corrected chi connectivity index (χ1v) is 12.2. The molecule has 2 atom stereocenters. The van der Waals surface area contributed by atoms with Gasteiger partial charge >= 0.3 is 5.97 Å². The first-order chi connectivity index (χ1) is 17.0. The molecule has 0 N–H and O–H groups in total. The van der Waals surface area contributed by atoms with Crippen LogP contribution in [-0.2, 0) is 16.0 Å². The number of pyridine rings is 1. The van der Waals surface area contributed by atoms with Gasteiger partial charge in [0.15, 0.2) is 0 Å². The molecule has 1 aliphatic heterocycles. The minimum Gasteiger partial charge on any atom is -0.488 e. The molecule has 178 valence electrons. The van der Waals surface area contributed by atoms with Crippen LogP contribution in [0.4, 0.5) is 4.39 Å². The van der Waals surface area contributed by atoms with Gasteiger partial charge in [-0.05, 0) is 71.1 Å². The zero-order valence-corrected chi connectivity index (χ0v) is 20.4. The number of rotatable bonds is 5. The quantitative estimate of drug-likeness (QED) is 0.286.